The van der Waals surface area contributed by atoms with E-state index in [0.29, 0.717) is 11.4 Å². The fourth-order valence-corrected chi connectivity index (χ4v) is 1.64. The van der Waals surface area contributed by atoms with Crippen LogP contribution in [-0.4, -0.2) is 30.1 Å². The zero-order valence-electron chi connectivity index (χ0n) is 10.5. The van der Waals surface area contributed by atoms with Crippen LogP contribution in [0.3, 0.4) is 0 Å². The number of carboxylic acids is 1. The van der Waals surface area contributed by atoms with E-state index in [-0.39, 0.29) is 0 Å². The van der Waals surface area contributed by atoms with Crippen LogP contribution in [0.2, 0.25) is 0 Å². The van der Waals surface area contributed by atoms with Crippen LogP contribution in [0.4, 0.5) is 5.69 Å². The number of benzene rings is 1. The first-order valence-corrected chi connectivity index (χ1v) is 5.31. The summed E-state index contributed by atoms with van der Waals surface area (Å²) in [5, 5.41) is 11.1. The van der Waals surface area contributed by atoms with Crippen molar-refractivity contribution in [1.29, 1.82) is 0 Å². The van der Waals surface area contributed by atoms with Crippen LogP contribution in [0.25, 0.3) is 0 Å². The molecule has 0 aromatic heterocycles. The highest BCUT2D eigenvalue weighted by Crippen LogP contribution is 2.29. The molecule has 0 aliphatic heterocycles. The van der Waals surface area contributed by atoms with Gasteiger partial charge in [0.15, 0.2) is 6.04 Å². The number of carboxylic acid groups (broad SMARTS) is 1. The molecule has 0 radical (unpaired) electrons. The maximum atomic E-state index is 11.6. The number of aryl methyl sites for hydroxylation is 2. The van der Waals surface area contributed by atoms with E-state index in [1.165, 1.54) is 7.11 Å². The van der Waals surface area contributed by atoms with Gasteiger partial charge in [-0.05, 0) is 31.0 Å². The smallest absolute Gasteiger partial charge is 0.330 e. The minimum absolute atomic E-state index is 0.414. The van der Waals surface area contributed by atoms with Gasteiger partial charge in [0.1, 0.15) is 5.75 Å². The first-order valence-electron chi connectivity index (χ1n) is 5.31. The van der Waals surface area contributed by atoms with Gasteiger partial charge < -0.3 is 20.9 Å². The predicted molar refractivity (Wildman–Crippen MR) is 66.7 cm³/mol. The molecule has 0 spiro atoms. The molecule has 1 unspecified atom stereocenters. The Balaban J connectivity index is 3.04. The Bertz CT molecular complexity index is 485. The molecule has 0 heterocycles. The standard InChI is InChI=1S/C12H16N2O4/c1-6-4-7(2)10(18-3)8(5-6)14-11(15)9(13)12(16)17/h4-5,9H,13H2,1-3H3,(H,14,15)(H,16,17). The molecule has 6 heteroatoms. The van der Waals surface area contributed by atoms with E-state index < -0.39 is 17.9 Å². The second kappa shape index (κ2) is 5.50. The van der Waals surface area contributed by atoms with Crippen molar-refractivity contribution in [2.45, 2.75) is 19.9 Å². The molecule has 4 N–H and O–H groups in total. The van der Waals surface area contributed by atoms with Gasteiger partial charge in [-0.3, -0.25) is 4.79 Å². The van der Waals surface area contributed by atoms with Crippen LogP contribution in [0.15, 0.2) is 12.1 Å². The molecule has 0 saturated carbocycles. The topological polar surface area (TPSA) is 102 Å². The Kier molecular flexibility index (Phi) is 4.28. The zero-order valence-corrected chi connectivity index (χ0v) is 10.5. The van der Waals surface area contributed by atoms with E-state index in [4.69, 9.17) is 15.6 Å². The zero-order chi connectivity index (χ0) is 13.9. The average Bonchev–Trinajstić information content (AvgIpc) is 2.27. The highest BCUT2D eigenvalue weighted by atomic mass is 16.5. The Morgan fingerprint density at radius 1 is 1.39 bits per heavy atom. The highest BCUT2D eigenvalue weighted by molar-refractivity contribution is 6.08. The van der Waals surface area contributed by atoms with Crippen LogP contribution >= 0.6 is 0 Å². The maximum absolute atomic E-state index is 11.6. The number of rotatable bonds is 4. The molecule has 0 aliphatic rings. The van der Waals surface area contributed by atoms with Gasteiger partial charge in [-0.25, -0.2) is 4.79 Å². The molecule has 1 atom stereocenters. The second-order valence-electron chi connectivity index (χ2n) is 3.97. The van der Waals surface area contributed by atoms with Gasteiger partial charge in [-0.15, -0.1) is 0 Å². The SMILES string of the molecule is COc1c(C)cc(C)cc1NC(=O)C(N)C(=O)O. The summed E-state index contributed by atoms with van der Waals surface area (Å²) < 4.78 is 5.17. The summed E-state index contributed by atoms with van der Waals surface area (Å²) in [6.45, 7) is 3.69. The van der Waals surface area contributed by atoms with Crippen molar-refractivity contribution in [3.05, 3.63) is 23.3 Å². The molecule has 0 fully saturated rings. The van der Waals surface area contributed by atoms with E-state index >= 15 is 0 Å². The summed E-state index contributed by atoms with van der Waals surface area (Å²) in [5.74, 6) is -1.67. The van der Waals surface area contributed by atoms with Gasteiger partial charge in [0.2, 0.25) is 0 Å². The fourth-order valence-electron chi connectivity index (χ4n) is 1.64. The minimum Gasteiger partial charge on any atom is -0.494 e. The molecular formula is C12H16N2O4. The third-order valence-corrected chi connectivity index (χ3v) is 2.43. The third kappa shape index (κ3) is 2.98. The van der Waals surface area contributed by atoms with E-state index in [2.05, 4.69) is 5.32 Å². The highest BCUT2D eigenvalue weighted by Gasteiger charge is 2.22. The Hall–Kier alpha value is -2.08. The molecule has 1 amide bonds. The lowest BCUT2D eigenvalue weighted by Gasteiger charge is -2.14. The van der Waals surface area contributed by atoms with E-state index in [1.807, 2.05) is 19.9 Å². The fraction of sp³-hybridized carbons (Fsp3) is 0.333. The van der Waals surface area contributed by atoms with E-state index in [9.17, 15) is 9.59 Å². The predicted octanol–water partition coefficient (Wildman–Crippen LogP) is 0.662. The first kappa shape index (κ1) is 14.0. The molecule has 1 aromatic carbocycles. The summed E-state index contributed by atoms with van der Waals surface area (Å²) >= 11 is 0. The summed E-state index contributed by atoms with van der Waals surface area (Å²) in [7, 11) is 1.48. The van der Waals surface area contributed by atoms with Crippen molar-refractivity contribution in [2.75, 3.05) is 12.4 Å². The van der Waals surface area contributed by atoms with E-state index in [1.54, 1.807) is 6.07 Å². The molecule has 1 aromatic rings. The Morgan fingerprint density at radius 3 is 2.50 bits per heavy atom. The summed E-state index contributed by atoms with van der Waals surface area (Å²) in [5.41, 5.74) is 7.40. The van der Waals surface area contributed by atoms with Crippen molar-refractivity contribution >= 4 is 17.6 Å². The van der Waals surface area contributed by atoms with Crippen molar-refractivity contribution < 1.29 is 19.4 Å². The number of carbonyl (C=O) groups excluding carboxylic acids is 1. The number of carbonyl (C=O) groups is 2. The monoisotopic (exact) mass is 252 g/mol. The van der Waals surface area contributed by atoms with Gasteiger partial charge in [0.25, 0.3) is 5.91 Å². The maximum Gasteiger partial charge on any atom is 0.330 e. The molecule has 6 nitrogen and oxygen atoms in total. The van der Waals surface area contributed by atoms with Crippen LogP contribution in [-0.2, 0) is 9.59 Å². The molecule has 0 aliphatic carbocycles. The van der Waals surface area contributed by atoms with Crippen molar-refractivity contribution in [1.82, 2.24) is 0 Å². The summed E-state index contributed by atoms with van der Waals surface area (Å²) in [4.78, 5) is 22.2. The number of hydrogen-bond acceptors (Lipinski definition) is 4. The van der Waals surface area contributed by atoms with Gasteiger partial charge >= 0.3 is 5.97 Å². The lowest BCUT2D eigenvalue weighted by atomic mass is 10.1. The summed E-state index contributed by atoms with van der Waals surface area (Å²) in [6, 6.07) is 1.99. The van der Waals surface area contributed by atoms with Gasteiger partial charge in [-0.2, -0.15) is 0 Å². The Labute approximate surface area is 105 Å². The third-order valence-electron chi connectivity index (χ3n) is 2.43. The number of hydrogen-bond donors (Lipinski definition) is 3. The normalized spacial score (nSPS) is 11.8. The van der Waals surface area contributed by atoms with Crippen molar-refractivity contribution in [2.24, 2.45) is 5.73 Å². The number of nitrogens with two attached hydrogens (primary N) is 1. The molecule has 0 bridgehead atoms. The van der Waals surface area contributed by atoms with Crippen LogP contribution < -0.4 is 15.8 Å². The van der Waals surface area contributed by atoms with Crippen LogP contribution in [0.1, 0.15) is 11.1 Å². The van der Waals surface area contributed by atoms with Crippen molar-refractivity contribution in [3.8, 4) is 5.75 Å². The van der Waals surface area contributed by atoms with Crippen LogP contribution in [0, 0.1) is 13.8 Å². The minimum atomic E-state index is -1.60. The van der Waals surface area contributed by atoms with Gasteiger partial charge in [-0.1, -0.05) is 6.07 Å². The average molecular weight is 252 g/mol. The number of ether oxygens (including phenoxy) is 1. The number of aliphatic carboxylic acids is 1. The molecular weight excluding hydrogens is 236 g/mol. The number of anilines is 1. The molecule has 98 valence electrons. The molecule has 0 saturated heterocycles. The van der Waals surface area contributed by atoms with Gasteiger partial charge in [0, 0.05) is 0 Å². The van der Waals surface area contributed by atoms with Crippen molar-refractivity contribution in [3.63, 3.8) is 0 Å². The van der Waals surface area contributed by atoms with E-state index in [0.717, 1.165) is 11.1 Å². The lowest BCUT2D eigenvalue weighted by Crippen LogP contribution is -2.42. The molecule has 1 rings (SSSR count). The summed E-state index contributed by atoms with van der Waals surface area (Å²) in [6.07, 6.45) is 0. The largest absolute Gasteiger partial charge is 0.494 e. The lowest BCUT2D eigenvalue weighted by molar-refractivity contribution is -0.141. The second-order valence-corrected chi connectivity index (χ2v) is 3.97. The Morgan fingerprint density at radius 2 is 2.00 bits per heavy atom. The molecule has 18 heavy (non-hydrogen) atoms. The number of amides is 1. The number of nitrogens with one attached hydrogen (secondary N) is 1. The quantitative estimate of drug-likeness (QED) is 0.683. The number of methoxy groups -OCH3 is 1. The van der Waals surface area contributed by atoms with Crippen LogP contribution in [0.5, 0.6) is 5.75 Å². The van der Waals surface area contributed by atoms with Gasteiger partial charge in [0.05, 0.1) is 12.8 Å². The first-order chi connectivity index (χ1) is 8.36.